The molecule has 136 valence electrons. The quantitative estimate of drug-likeness (QED) is 0.577. The summed E-state index contributed by atoms with van der Waals surface area (Å²) in [5.74, 6) is -0.690. The predicted molar refractivity (Wildman–Crippen MR) is 94.9 cm³/mol. The van der Waals surface area contributed by atoms with Gasteiger partial charge in [0.1, 0.15) is 17.5 Å². The second kappa shape index (κ2) is 8.66. The van der Waals surface area contributed by atoms with Crippen molar-refractivity contribution < 1.29 is 23.9 Å². The van der Waals surface area contributed by atoms with Crippen LogP contribution in [0, 0.1) is 0 Å². The molecule has 0 bridgehead atoms. The zero-order chi connectivity index (χ0) is 19.1. The minimum absolute atomic E-state index is 0.245. The van der Waals surface area contributed by atoms with Crippen molar-refractivity contribution >= 4 is 17.8 Å². The smallest absolute Gasteiger partial charge is 0.308 e. The number of ether oxygens (including phenoxy) is 2. The molecule has 0 heterocycles. The molecule has 0 saturated carbocycles. The third-order valence-electron chi connectivity index (χ3n) is 3.61. The number of hydrogen-bond donors (Lipinski definition) is 2. The molecule has 0 spiro atoms. The van der Waals surface area contributed by atoms with E-state index in [1.54, 1.807) is 49.6 Å². The SMILES string of the molecule is COc1ccc(C[C@H](NC(=O)c2cccc(OC(C)=O)c2)C(N)=O)cc1. The Hall–Kier alpha value is -3.35. The molecule has 1 atom stereocenters. The van der Waals surface area contributed by atoms with E-state index in [4.69, 9.17) is 15.2 Å². The molecule has 2 aromatic rings. The molecule has 2 rings (SSSR count). The number of benzene rings is 2. The highest BCUT2D eigenvalue weighted by Gasteiger charge is 2.20. The Morgan fingerprint density at radius 3 is 2.35 bits per heavy atom. The Balaban J connectivity index is 2.10. The Bertz CT molecular complexity index is 802. The molecule has 7 nitrogen and oxygen atoms in total. The number of primary amides is 1. The number of carbonyl (C=O) groups is 3. The van der Waals surface area contributed by atoms with Crippen LogP contribution in [0.4, 0.5) is 0 Å². The van der Waals surface area contributed by atoms with Crippen molar-refractivity contribution in [2.45, 2.75) is 19.4 Å². The first kappa shape index (κ1) is 19.0. The van der Waals surface area contributed by atoms with E-state index in [0.717, 1.165) is 5.56 Å². The van der Waals surface area contributed by atoms with Gasteiger partial charge in [0.15, 0.2) is 0 Å². The summed E-state index contributed by atoms with van der Waals surface area (Å²) in [6.07, 6.45) is 0.245. The van der Waals surface area contributed by atoms with Gasteiger partial charge in [-0.2, -0.15) is 0 Å². The summed E-state index contributed by atoms with van der Waals surface area (Å²) >= 11 is 0. The van der Waals surface area contributed by atoms with Crippen LogP contribution in [-0.2, 0) is 16.0 Å². The monoisotopic (exact) mass is 356 g/mol. The molecule has 2 aromatic carbocycles. The predicted octanol–water partition coefficient (Wildman–Crippen LogP) is 1.45. The molecule has 0 aromatic heterocycles. The zero-order valence-electron chi connectivity index (χ0n) is 14.5. The lowest BCUT2D eigenvalue weighted by Crippen LogP contribution is -2.45. The summed E-state index contributed by atoms with van der Waals surface area (Å²) in [5.41, 5.74) is 6.49. The van der Waals surface area contributed by atoms with Gasteiger partial charge in [0.25, 0.3) is 5.91 Å². The summed E-state index contributed by atoms with van der Waals surface area (Å²) < 4.78 is 10.0. The van der Waals surface area contributed by atoms with Crippen LogP contribution in [0.25, 0.3) is 0 Å². The van der Waals surface area contributed by atoms with E-state index < -0.39 is 23.8 Å². The molecule has 0 radical (unpaired) electrons. The van der Waals surface area contributed by atoms with Gasteiger partial charge in [0.05, 0.1) is 7.11 Å². The van der Waals surface area contributed by atoms with Crippen molar-refractivity contribution in [3.05, 3.63) is 59.7 Å². The molecule has 0 aliphatic rings. The first-order valence-corrected chi connectivity index (χ1v) is 7.90. The lowest BCUT2D eigenvalue weighted by Gasteiger charge is -2.16. The van der Waals surface area contributed by atoms with Crippen molar-refractivity contribution in [2.75, 3.05) is 7.11 Å². The molecule has 0 unspecified atom stereocenters. The third kappa shape index (κ3) is 5.34. The minimum Gasteiger partial charge on any atom is -0.497 e. The Kier molecular flexibility index (Phi) is 6.32. The molecule has 2 amide bonds. The van der Waals surface area contributed by atoms with Gasteiger partial charge in [-0.15, -0.1) is 0 Å². The van der Waals surface area contributed by atoms with E-state index >= 15 is 0 Å². The number of hydrogen-bond acceptors (Lipinski definition) is 5. The second-order valence-corrected chi connectivity index (χ2v) is 5.60. The van der Waals surface area contributed by atoms with E-state index in [2.05, 4.69) is 5.32 Å². The van der Waals surface area contributed by atoms with Gasteiger partial charge in [0, 0.05) is 18.9 Å². The molecule has 0 saturated heterocycles. The Labute approximate surface area is 151 Å². The lowest BCUT2D eigenvalue weighted by atomic mass is 10.0. The van der Waals surface area contributed by atoms with E-state index in [1.165, 1.54) is 13.0 Å². The summed E-state index contributed by atoms with van der Waals surface area (Å²) in [6.45, 7) is 1.27. The fourth-order valence-electron chi connectivity index (χ4n) is 2.33. The van der Waals surface area contributed by atoms with Gasteiger partial charge in [-0.1, -0.05) is 18.2 Å². The van der Waals surface area contributed by atoms with Crippen LogP contribution in [0.2, 0.25) is 0 Å². The Morgan fingerprint density at radius 2 is 1.77 bits per heavy atom. The lowest BCUT2D eigenvalue weighted by molar-refractivity contribution is -0.131. The Morgan fingerprint density at radius 1 is 1.08 bits per heavy atom. The molecular formula is C19H20N2O5. The first-order valence-electron chi connectivity index (χ1n) is 7.90. The number of nitrogens with one attached hydrogen (secondary N) is 1. The van der Waals surface area contributed by atoms with Crippen molar-refractivity contribution in [2.24, 2.45) is 5.73 Å². The number of esters is 1. The van der Waals surface area contributed by atoms with Crippen molar-refractivity contribution in [1.29, 1.82) is 0 Å². The first-order chi connectivity index (χ1) is 12.4. The van der Waals surface area contributed by atoms with Crippen molar-refractivity contribution in [3.63, 3.8) is 0 Å². The van der Waals surface area contributed by atoms with Gasteiger partial charge in [-0.05, 0) is 35.9 Å². The highest BCUT2D eigenvalue weighted by Crippen LogP contribution is 2.15. The molecule has 0 aliphatic carbocycles. The summed E-state index contributed by atoms with van der Waals surface area (Å²) in [7, 11) is 1.56. The van der Waals surface area contributed by atoms with Gasteiger partial charge in [-0.25, -0.2) is 0 Å². The van der Waals surface area contributed by atoms with Crippen LogP contribution < -0.4 is 20.5 Å². The summed E-state index contributed by atoms with van der Waals surface area (Å²) in [4.78, 5) is 35.1. The molecule has 0 aliphatic heterocycles. The fourth-order valence-corrected chi connectivity index (χ4v) is 2.33. The third-order valence-corrected chi connectivity index (χ3v) is 3.61. The second-order valence-electron chi connectivity index (χ2n) is 5.60. The molecule has 26 heavy (non-hydrogen) atoms. The summed E-state index contributed by atoms with van der Waals surface area (Å²) in [6, 6.07) is 12.3. The zero-order valence-corrected chi connectivity index (χ0v) is 14.5. The van der Waals surface area contributed by atoms with Crippen LogP contribution in [0.15, 0.2) is 48.5 Å². The largest absolute Gasteiger partial charge is 0.497 e. The van der Waals surface area contributed by atoms with Gasteiger partial charge in [0.2, 0.25) is 5.91 Å². The number of amides is 2. The van der Waals surface area contributed by atoms with Gasteiger partial charge >= 0.3 is 5.97 Å². The van der Waals surface area contributed by atoms with Crippen molar-refractivity contribution in [1.82, 2.24) is 5.32 Å². The van der Waals surface area contributed by atoms with Crippen LogP contribution in [0.5, 0.6) is 11.5 Å². The molecular weight excluding hydrogens is 336 g/mol. The minimum atomic E-state index is -0.881. The number of nitrogens with two attached hydrogens (primary N) is 1. The van der Waals surface area contributed by atoms with E-state index in [-0.39, 0.29) is 17.7 Å². The van der Waals surface area contributed by atoms with Crippen LogP contribution >= 0.6 is 0 Å². The highest BCUT2D eigenvalue weighted by atomic mass is 16.5. The highest BCUT2D eigenvalue weighted by molar-refractivity contribution is 5.97. The van der Waals surface area contributed by atoms with Gasteiger partial charge in [-0.3, -0.25) is 14.4 Å². The molecule has 7 heteroatoms. The summed E-state index contributed by atoms with van der Waals surface area (Å²) in [5, 5.41) is 2.61. The standard InChI is InChI=1S/C19H20N2O5/c1-12(22)26-16-5-3-4-14(11-16)19(24)21-17(18(20)23)10-13-6-8-15(25-2)9-7-13/h3-9,11,17H,10H2,1-2H3,(H2,20,23)(H,21,24)/t17-/m0/s1. The van der Waals surface area contributed by atoms with E-state index in [1.807, 2.05) is 0 Å². The maximum absolute atomic E-state index is 12.4. The van der Waals surface area contributed by atoms with Gasteiger partial charge < -0.3 is 20.5 Å². The molecule has 0 fully saturated rings. The number of rotatable bonds is 7. The number of methoxy groups -OCH3 is 1. The molecule has 3 N–H and O–H groups in total. The normalized spacial score (nSPS) is 11.3. The van der Waals surface area contributed by atoms with Crippen molar-refractivity contribution in [3.8, 4) is 11.5 Å². The van der Waals surface area contributed by atoms with Crippen LogP contribution in [-0.4, -0.2) is 30.9 Å². The average Bonchev–Trinajstić information content (AvgIpc) is 2.61. The van der Waals surface area contributed by atoms with E-state index in [0.29, 0.717) is 5.75 Å². The van der Waals surface area contributed by atoms with Crippen LogP contribution in [0.3, 0.4) is 0 Å². The fraction of sp³-hybridized carbons (Fsp3) is 0.211. The maximum atomic E-state index is 12.4. The average molecular weight is 356 g/mol. The maximum Gasteiger partial charge on any atom is 0.308 e. The van der Waals surface area contributed by atoms with Crippen LogP contribution in [0.1, 0.15) is 22.8 Å². The van der Waals surface area contributed by atoms with E-state index in [9.17, 15) is 14.4 Å². The number of carbonyl (C=O) groups excluding carboxylic acids is 3. The topological polar surface area (TPSA) is 108 Å².